The quantitative estimate of drug-likeness (QED) is 0.601. The number of Topliss-reactive ketones (excluding diaryl/α,β-unsaturated/α-hetero) is 1. The van der Waals surface area contributed by atoms with E-state index < -0.39 is 5.97 Å². The van der Waals surface area contributed by atoms with E-state index in [-0.39, 0.29) is 11.7 Å². The van der Waals surface area contributed by atoms with Gasteiger partial charge in [0.15, 0.2) is 0 Å². The van der Waals surface area contributed by atoms with Crippen molar-refractivity contribution in [2.75, 3.05) is 0 Å². The van der Waals surface area contributed by atoms with Gasteiger partial charge in [0.1, 0.15) is 5.78 Å². The van der Waals surface area contributed by atoms with E-state index in [2.05, 4.69) is 19.6 Å². The van der Waals surface area contributed by atoms with E-state index in [0.29, 0.717) is 17.9 Å². The molecule has 2 atom stereocenters. The first-order chi connectivity index (χ1) is 8.41. The van der Waals surface area contributed by atoms with Crippen molar-refractivity contribution in [3.05, 3.63) is 23.8 Å². The molecule has 1 rings (SSSR count). The summed E-state index contributed by atoms with van der Waals surface area (Å²) in [5, 5.41) is 8.97. The fraction of sp³-hybridized carbons (Fsp3) is 0.600. The topological polar surface area (TPSA) is 54.4 Å². The standard InChI is InChI=1S/C15H22O3/c1-10-4-6-14(12(3)15(17)18)9-8-13(10)7-5-11(2)16/h8,10,14H,3-7,9H2,1-2H3,(H,17,18)/t10-,14?/m0/s1. The van der Waals surface area contributed by atoms with Crippen LogP contribution in [0.1, 0.15) is 46.0 Å². The van der Waals surface area contributed by atoms with Gasteiger partial charge in [-0.05, 0) is 44.4 Å². The molecule has 0 radical (unpaired) electrons. The Morgan fingerprint density at radius 1 is 1.44 bits per heavy atom. The Balaban J connectivity index is 2.67. The molecular weight excluding hydrogens is 228 g/mol. The summed E-state index contributed by atoms with van der Waals surface area (Å²) in [7, 11) is 0. The zero-order valence-electron chi connectivity index (χ0n) is 11.2. The molecule has 0 aromatic heterocycles. The lowest BCUT2D eigenvalue weighted by Gasteiger charge is -2.14. The molecule has 100 valence electrons. The van der Waals surface area contributed by atoms with Gasteiger partial charge in [-0.15, -0.1) is 0 Å². The predicted molar refractivity (Wildman–Crippen MR) is 71.3 cm³/mol. The fourth-order valence-electron chi connectivity index (χ4n) is 2.41. The maximum atomic E-state index is 11.0. The van der Waals surface area contributed by atoms with Crippen molar-refractivity contribution in [3.63, 3.8) is 0 Å². The third kappa shape index (κ3) is 4.13. The summed E-state index contributed by atoms with van der Waals surface area (Å²) in [5.41, 5.74) is 1.61. The average molecular weight is 250 g/mol. The number of carbonyl (C=O) groups excluding carboxylic acids is 1. The number of rotatable bonds is 5. The number of allylic oxidation sites excluding steroid dienone is 2. The first kappa shape index (κ1) is 14.7. The molecule has 0 amide bonds. The molecule has 1 unspecified atom stereocenters. The first-order valence-corrected chi connectivity index (χ1v) is 6.52. The van der Waals surface area contributed by atoms with Gasteiger partial charge >= 0.3 is 5.97 Å². The summed E-state index contributed by atoms with van der Waals surface area (Å²) < 4.78 is 0. The highest BCUT2D eigenvalue weighted by Gasteiger charge is 2.22. The van der Waals surface area contributed by atoms with E-state index in [0.717, 1.165) is 25.7 Å². The largest absolute Gasteiger partial charge is 0.478 e. The van der Waals surface area contributed by atoms with Crippen LogP contribution in [0.3, 0.4) is 0 Å². The molecule has 0 aromatic carbocycles. The maximum absolute atomic E-state index is 11.0. The predicted octanol–water partition coefficient (Wildman–Crippen LogP) is 3.36. The second-order valence-electron chi connectivity index (χ2n) is 5.22. The van der Waals surface area contributed by atoms with E-state index in [4.69, 9.17) is 5.11 Å². The lowest BCUT2D eigenvalue weighted by atomic mass is 9.90. The molecule has 1 aliphatic carbocycles. The minimum Gasteiger partial charge on any atom is -0.478 e. The summed E-state index contributed by atoms with van der Waals surface area (Å²) in [5.74, 6) is -0.206. The molecule has 0 aromatic rings. The highest BCUT2D eigenvalue weighted by molar-refractivity contribution is 5.86. The Kier molecular flexibility index (Phi) is 5.32. The van der Waals surface area contributed by atoms with Crippen LogP contribution in [-0.4, -0.2) is 16.9 Å². The highest BCUT2D eigenvalue weighted by atomic mass is 16.4. The molecule has 1 aliphatic rings. The summed E-state index contributed by atoms with van der Waals surface area (Å²) >= 11 is 0. The Morgan fingerprint density at radius 3 is 2.67 bits per heavy atom. The van der Waals surface area contributed by atoms with Gasteiger partial charge in [0.2, 0.25) is 0 Å². The summed E-state index contributed by atoms with van der Waals surface area (Å²) in [6, 6.07) is 0. The number of aliphatic carboxylic acids is 1. The van der Waals surface area contributed by atoms with E-state index in [1.807, 2.05) is 0 Å². The van der Waals surface area contributed by atoms with Crippen molar-refractivity contribution >= 4 is 11.8 Å². The van der Waals surface area contributed by atoms with Gasteiger partial charge in [-0.3, -0.25) is 0 Å². The van der Waals surface area contributed by atoms with E-state index in [9.17, 15) is 9.59 Å². The highest BCUT2D eigenvalue weighted by Crippen LogP contribution is 2.32. The van der Waals surface area contributed by atoms with Crippen molar-refractivity contribution in [2.24, 2.45) is 11.8 Å². The van der Waals surface area contributed by atoms with Crippen LogP contribution >= 0.6 is 0 Å². The summed E-state index contributed by atoms with van der Waals surface area (Å²) in [4.78, 5) is 21.9. The lowest BCUT2D eigenvalue weighted by Crippen LogP contribution is -2.11. The van der Waals surface area contributed by atoms with E-state index in [1.165, 1.54) is 5.57 Å². The Bertz CT molecular complexity index is 379. The minimum absolute atomic E-state index is 0.0415. The summed E-state index contributed by atoms with van der Waals surface area (Å²) in [6.45, 7) is 7.42. The number of hydrogen-bond acceptors (Lipinski definition) is 2. The van der Waals surface area contributed by atoms with Gasteiger partial charge < -0.3 is 9.90 Å². The van der Waals surface area contributed by atoms with E-state index in [1.54, 1.807) is 6.92 Å². The number of carboxylic acids is 1. The second kappa shape index (κ2) is 6.53. The van der Waals surface area contributed by atoms with Crippen LogP contribution in [0.4, 0.5) is 0 Å². The van der Waals surface area contributed by atoms with Crippen molar-refractivity contribution in [3.8, 4) is 0 Å². The van der Waals surface area contributed by atoms with Crippen LogP contribution in [0, 0.1) is 11.8 Å². The van der Waals surface area contributed by atoms with Gasteiger partial charge in [0, 0.05) is 12.0 Å². The van der Waals surface area contributed by atoms with Gasteiger partial charge in [-0.2, -0.15) is 0 Å². The van der Waals surface area contributed by atoms with Crippen molar-refractivity contribution in [1.29, 1.82) is 0 Å². The van der Waals surface area contributed by atoms with Crippen LogP contribution in [0.5, 0.6) is 0 Å². The molecule has 0 bridgehead atoms. The minimum atomic E-state index is -0.895. The Morgan fingerprint density at radius 2 is 2.11 bits per heavy atom. The van der Waals surface area contributed by atoms with Crippen LogP contribution < -0.4 is 0 Å². The van der Waals surface area contributed by atoms with Crippen molar-refractivity contribution < 1.29 is 14.7 Å². The lowest BCUT2D eigenvalue weighted by molar-refractivity contribution is -0.133. The molecule has 18 heavy (non-hydrogen) atoms. The Hall–Kier alpha value is -1.38. The molecule has 0 saturated carbocycles. The normalized spacial score (nSPS) is 24.0. The zero-order chi connectivity index (χ0) is 13.7. The molecule has 3 heteroatoms. The second-order valence-corrected chi connectivity index (χ2v) is 5.22. The smallest absolute Gasteiger partial charge is 0.331 e. The fourth-order valence-corrected chi connectivity index (χ4v) is 2.41. The van der Waals surface area contributed by atoms with Gasteiger partial charge in [-0.1, -0.05) is 25.2 Å². The number of carbonyl (C=O) groups is 2. The third-order valence-electron chi connectivity index (χ3n) is 3.78. The molecule has 1 N–H and O–H groups in total. The third-order valence-corrected chi connectivity index (χ3v) is 3.78. The zero-order valence-corrected chi connectivity index (χ0v) is 11.2. The average Bonchev–Trinajstić information content (AvgIpc) is 2.48. The van der Waals surface area contributed by atoms with Crippen molar-refractivity contribution in [1.82, 2.24) is 0 Å². The first-order valence-electron chi connectivity index (χ1n) is 6.52. The maximum Gasteiger partial charge on any atom is 0.331 e. The van der Waals surface area contributed by atoms with Crippen LogP contribution in [0.15, 0.2) is 23.8 Å². The molecule has 0 aliphatic heterocycles. The van der Waals surface area contributed by atoms with E-state index >= 15 is 0 Å². The van der Waals surface area contributed by atoms with Crippen LogP contribution in [0.25, 0.3) is 0 Å². The van der Waals surface area contributed by atoms with Crippen LogP contribution in [0.2, 0.25) is 0 Å². The number of ketones is 1. The molecule has 0 saturated heterocycles. The number of carboxylic acid groups (broad SMARTS) is 1. The number of hydrogen-bond donors (Lipinski definition) is 1. The van der Waals surface area contributed by atoms with Crippen LogP contribution in [-0.2, 0) is 9.59 Å². The molecule has 3 nitrogen and oxygen atoms in total. The Labute approximate surface area is 109 Å². The van der Waals surface area contributed by atoms with Gasteiger partial charge in [0.25, 0.3) is 0 Å². The molecular formula is C15H22O3. The van der Waals surface area contributed by atoms with Crippen molar-refractivity contribution in [2.45, 2.75) is 46.0 Å². The SMILES string of the molecule is C=C(C(=O)O)C1CC=C(CCC(C)=O)[C@@H](C)CC1. The molecule has 0 heterocycles. The monoisotopic (exact) mass is 250 g/mol. The van der Waals surface area contributed by atoms with Gasteiger partial charge in [-0.25, -0.2) is 4.79 Å². The molecule has 0 spiro atoms. The van der Waals surface area contributed by atoms with Gasteiger partial charge in [0.05, 0.1) is 0 Å². The summed E-state index contributed by atoms with van der Waals surface area (Å²) in [6.07, 6.45) is 6.10. The molecule has 0 fully saturated rings.